The van der Waals surface area contributed by atoms with Crippen molar-refractivity contribution in [3.05, 3.63) is 52.2 Å². The van der Waals surface area contributed by atoms with Gasteiger partial charge in [0, 0.05) is 18.2 Å². The molecule has 28 heavy (non-hydrogen) atoms. The average molecular weight is 400 g/mol. The molecule has 7 heteroatoms. The van der Waals surface area contributed by atoms with Gasteiger partial charge in [0.05, 0.1) is 0 Å². The van der Waals surface area contributed by atoms with Gasteiger partial charge in [-0.3, -0.25) is 9.59 Å². The third-order valence-corrected chi connectivity index (χ3v) is 6.53. The second-order valence-corrected chi connectivity index (χ2v) is 8.46. The summed E-state index contributed by atoms with van der Waals surface area (Å²) >= 11 is 1.66. The van der Waals surface area contributed by atoms with Crippen molar-refractivity contribution in [3.8, 4) is 5.75 Å². The highest BCUT2D eigenvalue weighted by atomic mass is 32.1. The first kappa shape index (κ1) is 19.0. The molecule has 1 aliphatic carbocycles. The van der Waals surface area contributed by atoms with Crippen LogP contribution in [-0.4, -0.2) is 42.5 Å². The van der Waals surface area contributed by atoms with Gasteiger partial charge in [-0.05, 0) is 84.4 Å². The first-order chi connectivity index (χ1) is 13.6. The highest BCUT2D eigenvalue weighted by molar-refractivity contribution is 7.07. The number of nitrogens with two attached hydrogens (primary N) is 1. The van der Waals surface area contributed by atoms with Crippen LogP contribution in [0.15, 0.2) is 41.1 Å². The van der Waals surface area contributed by atoms with Crippen molar-refractivity contribution in [2.45, 2.75) is 31.8 Å². The Morgan fingerprint density at radius 1 is 1.21 bits per heavy atom. The van der Waals surface area contributed by atoms with Crippen LogP contribution in [0.4, 0.5) is 0 Å². The molecule has 2 heterocycles. The number of nitrogens with zero attached hydrogens (tertiary/aromatic N) is 1. The molecule has 1 saturated heterocycles. The lowest BCUT2D eigenvalue weighted by Gasteiger charge is -2.29. The molecule has 1 spiro atoms. The summed E-state index contributed by atoms with van der Waals surface area (Å²) in [5, 5.41) is 7.59. The van der Waals surface area contributed by atoms with Crippen LogP contribution in [0.3, 0.4) is 0 Å². The lowest BCUT2D eigenvalue weighted by atomic mass is 9.93. The molecule has 0 bridgehead atoms. The van der Waals surface area contributed by atoms with Crippen LogP contribution in [0.1, 0.15) is 35.2 Å². The molecule has 1 unspecified atom stereocenters. The molecule has 1 aromatic heterocycles. The highest BCUT2D eigenvalue weighted by Gasteiger charge is 2.57. The van der Waals surface area contributed by atoms with Gasteiger partial charge in [0.2, 0.25) is 0 Å². The van der Waals surface area contributed by atoms with E-state index in [1.807, 2.05) is 4.90 Å². The molecule has 1 aromatic carbocycles. The Morgan fingerprint density at radius 2 is 1.96 bits per heavy atom. The smallest absolute Gasteiger partial charge is 0.255 e. The van der Waals surface area contributed by atoms with Crippen molar-refractivity contribution < 1.29 is 14.3 Å². The van der Waals surface area contributed by atoms with E-state index >= 15 is 0 Å². The van der Waals surface area contributed by atoms with E-state index in [-0.39, 0.29) is 17.9 Å². The Balaban J connectivity index is 1.51. The Morgan fingerprint density at radius 3 is 2.61 bits per heavy atom. The Bertz CT molecular complexity index is 829. The van der Waals surface area contributed by atoms with Crippen molar-refractivity contribution in [2.24, 2.45) is 11.1 Å². The van der Waals surface area contributed by atoms with Crippen molar-refractivity contribution in [2.75, 3.05) is 19.7 Å². The molecule has 4 rings (SSSR count). The van der Waals surface area contributed by atoms with Crippen molar-refractivity contribution in [1.29, 1.82) is 0 Å². The molecule has 2 aliphatic rings. The summed E-state index contributed by atoms with van der Waals surface area (Å²) in [6.45, 7) is 2.53. The summed E-state index contributed by atoms with van der Waals surface area (Å²) in [5.74, 6) is 0.0529. The summed E-state index contributed by atoms with van der Waals surface area (Å²) in [4.78, 5) is 26.3. The summed E-state index contributed by atoms with van der Waals surface area (Å²) in [6, 6.07) is 9.34. The second-order valence-electron chi connectivity index (χ2n) is 7.68. The number of amides is 2. The average Bonchev–Trinajstić information content (AvgIpc) is 3.13. The summed E-state index contributed by atoms with van der Waals surface area (Å²) < 4.78 is 5.29. The lowest BCUT2D eigenvalue weighted by Crippen LogP contribution is -2.39. The molecular weight excluding hydrogens is 374 g/mol. The van der Waals surface area contributed by atoms with Crippen LogP contribution in [-0.2, 0) is 11.3 Å². The van der Waals surface area contributed by atoms with Gasteiger partial charge < -0.3 is 20.7 Å². The third-order valence-electron chi connectivity index (χ3n) is 5.80. The molecule has 2 aromatic rings. The Hall–Kier alpha value is -2.38. The minimum atomic E-state index is -0.525. The number of nitrogens with one attached hydrogen (secondary N) is 1. The zero-order valence-corrected chi connectivity index (χ0v) is 16.5. The van der Waals surface area contributed by atoms with Crippen molar-refractivity contribution >= 4 is 23.2 Å². The fraction of sp³-hybridized carbons (Fsp3) is 0.429. The van der Waals surface area contributed by atoms with Crippen molar-refractivity contribution in [3.63, 3.8) is 0 Å². The molecule has 2 amide bonds. The number of hydrogen-bond donors (Lipinski definition) is 2. The summed E-state index contributed by atoms with van der Waals surface area (Å²) in [7, 11) is 0. The van der Waals surface area contributed by atoms with E-state index in [1.54, 1.807) is 35.6 Å². The van der Waals surface area contributed by atoms with E-state index in [0.29, 0.717) is 23.9 Å². The monoisotopic (exact) mass is 399 g/mol. The predicted molar refractivity (Wildman–Crippen MR) is 108 cm³/mol. The van der Waals surface area contributed by atoms with Crippen LogP contribution >= 0.6 is 11.3 Å². The third kappa shape index (κ3) is 4.05. The van der Waals surface area contributed by atoms with Crippen molar-refractivity contribution in [1.82, 2.24) is 10.2 Å². The predicted octanol–water partition coefficient (Wildman–Crippen LogP) is 2.40. The van der Waals surface area contributed by atoms with Crippen LogP contribution in [0.5, 0.6) is 5.75 Å². The maximum absolute atomic E-state index is 13.4. The van der Waals surface area contributed by atoms with Gasteiger partial charge in [0.1, 0.15) is 5.75 Å². The maximum Gasteiger partial charge on any atom is 0.255 e. The highest BCUT2D eigenvalue weighted by Crippen LogP contribution is 2.56. The van der Waals surface area contributed by atoms with E-state index in [1.165, 1.54) is 5.56 Å². The molecule has 1 aliphatic heterocycles. The molecule has 0 radical (unpaired) electrons. The molecule has 1 saturated carbocycles. The SMILES string of the molecule is NC(=O)COc1ccc(C(=O)N(Cc2ccsc2)C2CC23CCNCC3)cc1. The molecule has 3 N–H and O–H groups in total. The standard InChI is InChI=1S/C21H25N3O3S/c22-19(25)13-27-17-3-1-16(2-4-17)20(26)24(12-15-5-10-28-14-15)18-11-21(18)6-8-23-9-7-21/h1-5,10,14,18,23H,6-9,11-13H2,(H2,22,25). The van der Waals surface area contributed by atoms with Gasteiger partial charge in [-0.15, -0.1) is 0 Å². The van der Waals surface area contributed by atoms with E-state index in [0.717, 1.165) is 32.4 Å². The normalized spacial score (nSPS) is 19.9. The fourth-order valence-corrected chi connectivity index (χ4v) is 4.81. The number of ether oxygens (including phenoxy) is 1. The maximum atomic E-state index is 13.4. The molecule has 1 atom stereocenters. The number of carbonyl (C=O) groups excluding carboxylic acids is 2. The quantitative estimate of drug-likeness (QED) is 0.749. The lowest BCUT2D eigenvalue weighted by molar-refractivity contribution is -0.119. The zero-order valence-electron chi connectivity index (χ0n) is 15.7. The molecule has 2 fully saturated rings. The van der Waals surface area contributed by atoms with Gasteiger partial charge in [0.15, 0.2) is 6.61 Å². The van der Waals surface area contributed by atoms with E-state index in [4.69, 9.17) is 10.5 Å². The molecular formula is C21H25N3O3S. The van der Waals surface area contributed by atoms with Crippen LogP contribution < -0.4 is 15.8 Å². The second kappa shape index (κ2) is 7.93. The number of hydrogen-bond acceptors (Lipinski definition) is 5. The van der Waals surface area contributed by atoms with Gasteiger partial charge in [0.25, 0.3) is 11.8 Å². The Labute approximate surface area is 168 Å². The number of carbonyl (C=O) groups is 2. The first-order valence-electron chi connectivity index (χ1n) is 9.61. The van der Waals surface area contributed by atoms with Crippen LogP contribution in [0.25, 0.3) is 0 Å². The first-order valence-corrected chi connectivity index (χ1v) is 10.6. The van der Waals surface area contributed by atoms with E-state index in [2.05, 4.69) is 22.1 Å². The number of benzene rings is 1. The number of piperidine rings is 1. The van der Waals surface area contributed by atoms with Gasteiger partial charge >= 0.3 is 0 Å². The Kier molecular flexibility index (Phi) is 5.37. The number of thiophene rings is 1. The van der Waals surface area contributed by atoms with Crippen LogP contribution in [0.2, 0.25) is 0 Å². The largest absolute Gasteiger partial charge is 0.484 e. The molecule has 6 nitrogen and oxygen atoms in total. The topological polar surface area (TPSA) is 84.7 Å². The minimum Gasteiger partial charge on any atom is -0.484 e. The van der Waals surface area contributed by atoms with Crippen LogP contribution in [0, 0.1) is 5.41 Å². The van der Waals surface area contributed by atoms with Gasteiger partial charge in [-0.2, -0.15) is 11.3 Å². The van der Waals surface area contributed by atoms with Gasteiger partial charge in [-0.1, -0.05) is 0 Å². The van der Waals surface area contributed by atoms with Gasteiger partial charge in [-0.25, -0.2) is 0 Å². The summed E-state index contributed by atoms with van der Waals surface area (Å²) in [5.41, 5.74) is 7.19. The van der Waals surface area contributed by atoms with E-state index < -0.39 is 5.91 Å². The fourth-order valence-electron chi connectivity index (χ4n) is 4.15. The number of rotatable bonds is 7. The zero-order chi connectivity index (χ0) is 19.6. The minimum absolute atomic E-state index is 0.0491. The van der Waals surface area contributed by atoms with E-state index in [9.17, 15) is 9.59 Å². The number of primary amides is 1. The summed E-state index contributed by atoms with van der Waals surface area (Å²) in [6.07, 6.45) is 3.35. The molecule has 148 valence electrons.